The lowest BCUT2D eigenvalue weighted by Gasteiger charge is -2.18. The van der Waals surface area contributed by atoms with Crippen LogP contribution < -0.4 is 4.31 Å². The van der Waals surface area contributed by atoms with E-state index in [9.17, 15) is 13.2 Å². The molecule has 6 heteroatoms. The van der Waals surface area contributed by atoms with Crippen LogP contribution in [0, 0.1) is 0 Å². The van der Waals surface area contributed by atoms with Gasteiger partial charge in [-0.2, -0.15) is 11.3 Å². The van der Waals surface area contributed by atoms with Crippen molar-refractivity contribution in [3.63, 3.8) is 0 Å². The maximum absolute atomic E-state index is 12.4. The van der Waals surface area contributed by atoms with Gasteiger partial charge in [-0.25, -0.2) is 8.42 Å². The number of hydrogen-bond donors (Lipinski definition) is 0. The molecule has 4 nitrogen and oxygen atoms in total. The molecule has 0 radical (unpaired) electrons. The number of benzene rings is 1. The first-order valence-corrected chi connectivity index (χ1v) is 7.60. The van der Waals surface area contributed by atoms with Gasteiger partial charge in [0.2, 0.25) is 0 Å². The topological polar surface area (TPSA) is 54.5 Å². The zero-order valence-electron chi connectivity index (χ0n) is 9.45. The largest absolute Gasteiger partial charge is 0.288 e. The summed E-state index contributed by atoms with van der Waals surface area (Å²) in [5.41, 5.74) is 1.10. The second-order valence-corrected chi connectivity index (χ2v) is 6.65. The van der Waals surface area contributed by atoms with E-state index in [1.165, 1.54) is 28.1 Å². The molecule has 1 aliphatic heterocycles. The van der Waals surface area contributed by atoms with Gasteiger partial charge < -0.3 is 0 Å². The molecule has 3 rings (SSSR count). The number of carbonyl (C=O) groups is 1. The zero-order chi connectivity index (χ0) is 12.9. The summed E-state index contributed by atoms with van der Waals surface area (Å²) < 4.78 is 25.9. The lowest BCUT2D eigenvalue weighted by atomic mass is 10.0. The molecule has 0 saturated carbocycles. The van der Waals surface area contributed by atoms with Crippen molar-refractivity contribution in [2.75, 3.05) is 11.4 Å². The summed E-state index contributed by atoms with van der Waals surface area (Å²) in [6, 6.07) is 6.74. The van der Waals surface area contributed by atoms with Gasteiger partial charge in [-0.3, -0.25) is 9.10 Å². The molecule has 92 valence electrons. The number of hydrogen-bond acceptors (Lipinski definition) is 4. The second-order valence-electron chi connectivity index (χ2n) is 3.97. The predicted octanol–water partition coefficient (Wildman–Crippen LogP) is 2.12. The van der Waals surface area contributed by atoms with Crippen LogP contribution in [0.3, 0.4) is 0 Å². The Bertz CT molecular complexity index is 746. The minimum absolute atomic E-state index is 0.0937. The summed E-state index contributed by atoms with van der Waals surface area (Å²) in [6.45, 7) is 0. The molecule has 2 heterocycles. The maximum atomic E-state index is 12.4. The fourth-order valence-corrected chi connectivity index (χ4v) is 4.57. The first-order chi connectivity index (χ1) is 8.53. The van der Waals surface area contributed by atoms with E-state index in [1.807, 2.05) is 0 Å². The number of para-hydroxylation sites is 1. The SMILES string of the molecule is CN1c2ccccc2C(=O)c2cscc2S1(=O)=O. The van der Waals surface area contributed by atoms with Crippen LogP contribution in [-0.4, -0.2) is 21.2 Å². The molecule has 0 amide bonds. The third-order valence-electron chi connectivity index (χ3n) is 3.00. The van der Waals surface area contributed by atoms with Gasteiger partial charge in [0.25, 0.3) is 10.0 Å². The highest BCUT2D eigenvalue weighted by atomic mass is 32.2. The first-order valence-electron chi connectivity index (χ1n) is 5.22. The molecule has 0 unspecified atom stereocenters. The van der Waals surface area contributed by atoms with Gasteiger partial charge in [0.1, 0.15) is 4.90 Å². The standard InChI is InChI=1S/C12H9NO3S2/c1-13-10-5-3-2-4-8(10)12(14)9-6-17-7-11(9)18(13,15)16/h2-7H,1H3. The molecular weight excluding hydrogens is 270 g/mol. The van der Waals surface area contributed by atoms with Crippen molar-refractivity contribution in [3.05, 3.63) is 46.2 Å². The van der Waals surface area contributed by atoms with Gasteiger partial charge in [0.15, 0.2) is 5.78 Å². The van der Waals surface area contributed by atoms with Crippen LogP contribution in [0.5, 0.6) is 0 Å². The molecule has 0 bridgehead atoms. The van der Waals surface area contributed by atoms with Crippen LogP contribution in [0.2, 0.25) is 0 Å². The molecule has 0 spiro atoms. The number of carbonyl (C=O) groups excluding carboxylic acids is 1. The van der Waals surface area contributed by atoms with Gasteiger partial charge in [-0.05, 0) is 12.1 Å². The van der Waals surface area contributed by atoms with E-state index < -0.39 is 10.0 Å². The van der Waals surface area contributed by atoms with Crippen LogP contribution in [-0.2, 0) is 10.0 Å². The fourth-order valence-electron chi connectivity index (χ4n) is 2.01. The Kier molecular flexibility index (Phi) is 2.33. The van der Waals surface area contributed by atoms with Crippen molar-refractivity contribution >= 4 is 32.8 Å². The van der Waals surface area contributed by atoms with E-state index in [0.717, 1.165) is 0 Å². The van der Waals surface area contributed by atoms with E-state index in [-0.39, 0.29) is 16.2 Å². The molecule has 0 atom stereocenters. The molecular formula is C12H9NO3S2. The summed E-state index contributed by atoms with van der Waals surface area (Å²) in [4.78, 5) is 12.4. The van der Waals surface area contributed by atoms with Crippen molar-refractivity contribution in [1.82, 2.24) is 0 Å². The minimum Gasteiger partial charge on any atom is -0.288 e. The van der Waals surface area contributed by atoms with E-state index in [0.29, 0.717) is 11.3 Å². The summed E-state index contributed by atoms with van der Waals surface area (Å²) in [7, 11) is -2.17. The summed E-state index contributed by atoms with van der Waals surface area (Å²) in [5.74, 6) is -0.241. The number of sulfonamides is 1. The number of thiophene rings is 1. The highest BCUT2D eigenvalue weighted by molar-refractivity contribution is 7.93. The molecule has 18 heavy (non-hydrogen) atoms. The monoisotopic (exact) mass is 279 g/mol. The summed E-state index contributed by atoms with van der Waals surface area (Å²) in [6.07, 6.45) is 0. The highest BCUT2D eigenvalue weighted by Gasteiger charge is 2.34. The molecule has 1 aromatic carbocycles. The van der Waals surface area contributed by atoms with Gasteiger partial charge in [0, 0.05) is 23.4 Å². The summed E-state index contributed by atoms with van der Waals surface area (Å²) in [5, 5.41) is 3.09. The van der Waals surface area contributed by atoms with Crippen molar-refractivity contribution in [2.45, 2.75) is 4.90 Å². The summed E-state index contributed by atoms with van der Waals surface area (Å²) >= 11 is 1.22. The van der Waals surface area contributed by atoms with Crippen LogP contribution in [0.15, 0.2) is 39.9 Å². The second kappa shape index (κ2) is 3.66. The Labute approximate surface area is 109 Å². The maximum Gasteiger partial charge on any atom is 0.265 e. The van der Waals surface area contributed by atoms with Crippen LogP contribution in [0.25, 0.3) is 0 Å². The molecule has 0 aliphatic carbocycles. The average molecular weight is 279 g/mol. The Morgan fingerprint density at radius 3 is 2.61 bits per heavy atom. The Morgan fingerprint density at radius 1 is 1.11 bits per heavy atom. The lowest BCUT2D eigenvalue weighted by Crippen LogP contribution is -2.26. The molecule has 1 aliphatic rings. The number of anilines is 1. The molecule has 2 aromatic rings. The van der Waals surface area contributed by atoms with Crippen LogP contribution in [0.4, 0.5) is 5.69 Å². The van der Waals surface area contributed by atoms with E-state index in [2.05, 4.69) is 0 Å². The van der Waals surface area contributed by atoms with Crippen molar-refractivity contribution in [2.24, 2.45) is 0 Å². The number of ketones is 1. The highest BCUT2D eigenvalue weighted by Crippen LogP contribution is 2.35. The zero-order valence-corrected chi connectivity index (χ0v) is 11.1. The van der Waals surface area contributed by atoms with Crippen molar-refractivity contribution in [3.8, 4) is 0 Å². The molecule has 0 fully saturated rings. The van der Waals surface area contributed by atoms with Crippen molar-refractivity contribution < 1.29 is 13.2 Å². The van der Waals surface area contributed by atoms with E-state index in [1.54, 1.807) is 29.6 Å². The Balaban J connectivity index is 2.44. The van der Waals surface area contributed by atoms with E-state index in [4.69, 9.17) is 0 Å². The quantitative estimate of drug-likeness (QED) is 0.742. The Hall–Kier alpha value is -1.66. The fraction of sp³-hybridized carbons (Fsp3) is 0.0833. The molecule has 0 saturated heterocycles. The van der Waals surface area contributed by atoms with Gasteiger partial charge in [0.05, 0.1) is 11.3 Å². The number of fused-ring (bicyclic) bond motifs is 2. The third kappa shape index (κ3) is 1.36. The first kappa shape index (κ1) is 11.4. The molecule has 1 aromatic heterocycles. The lowest BCUT2D eigenvalue weighted by molar-refractivity contribution is 0.103. The minimum atomic E-state index is -3.64. The van der Waals surface area contributed by atoms with Gasteiger partial charge in [-0.1, -0.05) is 12.1 Å². The predicted molar refractivity (Wildman–Crippen MR) is 69.8 cm³/mol. The van der Waals surface area contributed by atoms with Gasteiger partial charge in [-0.15, -0.1) is 0 Å². The molecule has 0 N–H and O–H groups in total. The van der Waals surface area contributed by atoms with Crippen LogP contribution in [0.1, 0.15) is 15.9 Å². The van der Waals surface area contributed by atoms with Crippen molar-refractivity contribution in [1.29, 1.82) is 0 Å². The third-order valence-corrected chi connectivity index (χ3v) is 5.70. The number of rotatable bonds is 0. The van der Waals surface area contributed by atoms with E-state index >= 15 is 0 Å². The smallest absolute Gasteiger partial charge is 0.265 e. The van der Waals surface area contributed by atoms with Crippen LogP contribution >= 0.6 is 11.3 Å². The average Bonchev–Trinajstić information content (AvgIpc) is 2.84. The normalized spacial score (nSPS) is 16.9. The number of nitrogens with zero attached hydrogens (tertiary/aromatic N) is 1. The van der Waals surface area contributed by atoms with Gasteiger partial charge >= 0.3 is 0 Å². The Morgan fingerprint density at radius 2 is 1.83 bits per heavy atom.